The van der Waals surface area contributed by atoms with Crippen molar-refractivity contribution in [1.82, 2.24) is 0 Å². The van der Waals surface area contributed by atoms with Gasteiger partial charge in [0.2, 0.25) is 0 Å². The van der Waals surface area contributed by atoms with Gasteiger partial charge in [-0.05, 0) is 71.6 Å². The zero-order valence-corrected chi connectivity index (χ0v) is 12.1. The number of halogens is 2. The van der Waals surface area contributed by atoms with Crippen LogP contribution in [0.4, 0.5) is 4.39 Å². The van der Waals surface area contributed by atoms with Crippen molar-refractivity contribution in [2.24, 2.45) is 11.3 Å². The Hall–Kier alpha value is -0.880. The monoisotopic (exact) mass is 309 g/mol. The third-order valence-corrected chi connectivity index (χ3v) is 4.60. The van der Waals surface area contributed by atoms with E-state index in [0.29, 0.717) is 4.47 Å². The molecule has 0 aliphatic heterocycles. The Morgan fingerprint density at radius 3 is 2.67 bits per heavy atom. The average molecular weight is 310 g/mol. The van der Waals surface area contributed by atoms with Crippen LogP contribution in [-0.4, -0.2) is 0 Å². The summed E-state index contributed by atoms with van der Waals surface area (Å²) >= 11 is 3.20. The van der Waals surface area contributed by atoms with Crippen LogP contribution < -0.4 is 0 Å². The minimum Gasteiger partial charge on any atom is -0.206 e. The molecule has 18 heavy (non-hydrogen) atoms. The van der Waals surface area contributed by atoms with Crippen molar-refractivity contribution in [2.75, 3.05) is 0 Å². The molecule has 1 aromatic carbocycles. The first kappa shape index (κ1) is 13.5. The number of benzene rings is 1. The van der Waals surface area contributed by atoms with E-state index in [-0.39, 0.29) is 11.2 Å². The molecule has 1 aliphatic rings. The van der Waals surface area contributed by atoms with Crippen LogP contribution in [0.5, 0.6) is 0 Å². The van der Waals surface area contributed by atoms with Gasteiger partial charge in [0.05, 0.1) is 16.0 Å². The Kier molecular flexibility index (Phi) is 4.07. The number of hydrogen-bond donors (Lipinski definition) is 0. The van der Waals surface area contributed by atoms with E-state index in [1.807, 2.05) is 0 Å². The molecule has 2 rings (SSSR count). The normalized spacial score (nSPS) is 27.8. The summed E-state index contributed by atoms with van der Waals surface area (Å²) in [6, 6.07) is 7.57. The summed E-state index contributed by atoms with van der Waals surface area (Å²) in [5.41, 5.74) is 0.795. The number of hydrogen-bond acceptors (Lipinski definition) is 1. The molecule has 1 aromatic rings. The molecule has 1 nitrogen and oxygen atoms in total. The van der Waals surface area contributed by atoms with Crippen LogP contribution in [0.25, 0.3) is 0 Å². The van der Waals surface area contributed by atoms with E-state index in [9.17, 15) is 9.65 Å². The third kappa shape index (κ3) is 2.92. The summed E-state index contributed by atoms with van der Waals surface area (Å²) in [7, 11) is 0. The molecule has 0 aromatic heterocycles. The quantitative estimate of drug-likeness (QED) is 0.766. The van der Waals surface area contributed by atoms with Crippen molar-refractivity contribution in [2.45, 2.75) is 39.0 Å². The molecule has 0 N–H and O–H groups in total. The molecule has 0 atom stereocenters. The maximum Gasteiger partial charge on any atom is 0.137 e. The second kappa shape index (κ2) is 5.40. The largest absolute Gasteiger partial charge is 0.206 e. The van der Waals surface area contributed by atoms with Gasteiger partial charge in [-0.1, -0.05) is 13.0 Å². The summed E-state index contributed by atoms with van der Waals surface area (Å²) in [6.45, 7) is 2.25. The SMILES string of the molecule is CC1CCC(C#N)(Cc2ccc(F)c(Br)c2)CC1. The molecule has 0 spiro atoms. The Bertz CT molecular complexity index is 470. The Balaban J connectivity index is 2.15. The molecule has 1 saturated carbocycles. The molecule has 0 unspecified atom stereocenters. The van der Waals surface area contributed by atoms with Gasteiger partial charge in [-0.2, -0.15) is 5.26 Å². The molecule has 0 bridgehead atoms. The molecule has 1 fully saturated rings. The second-order valence-electron chi connectivity index (χ2n) is 5.50. The highest BCUT2D eigenvalue weighted by atomic mass is 79.9. The van der Waals surface area contributed by atoms with Crippen LogP contribution in [0.2, 0.25) is 0 Å². The number of rotatable bonds is 2. The lowest BCUT2D eigenvalue weighted by Gasteiger charge is -2.33. The third-order valence-electron chi connectivity index (χ3n) is 4.00. The molecule has 0 radical (unpaired) electrons. The maximum absolute atomic E-state index is 13.2. The topological polar surface area (TPSA) is 23.8 Å². The van der Waals surface area contributed by atoms with E-state index in [2.05, 4.69) is 28.9 Å². The van der Waals surface area contributed by atoms with Crippen LogP contribution in [-0.2, 0) is 6.42 Å². The number of nitrogens with zero attached hydrogens (tertiary/aromatic N) is 1. The van der Waals surface area contributed by atoms with Gasteiger partial charge in [0.1, 0.15) is 5.82 Å². The second-order valence-corrected chi connectivity index (χ2v) is 6.35. The van der Waals surface area contributed by atoms with Crippen LogP contribution in [0.3, 0.4) is 0 Å². The minimum absolute atomic E-state index is 0.246. The van der Waals surface area contributed by atoms with Crippen molar-refractivity contribution in [3.63, 3.8) is 0 Å². The Morgan fingerprint density at radius 2 is 2.11 bits per heavy atom. The van der Waals surface area contributed by atoms with Crippen LogP contribution in [0, 0.1) is 28.5 Å². The van der Waals surface area contributed by atoms with Gasteiger partial charge in [-0.3, -0.25) is 0 Å². The van der Waals surface area contributed by atoms with E-state index < -0.39 is 0 Å². The van der Waals surface area contributed by atoms with Gasteiger partial charge in [0.25, 0.3) is 0 Å². The summed E-state index contributed by atoms with van der Waals surface area (Å²) in [5.74, 6) is 0.480. The minimum atomic E-state index is -0.248. The van der Waals surface area contributed by atoms with Crippen LogP contribution in [0.15, 0.2) is 22.7 Å². The predicted molar refractivity (Wildman–Crippen MR) is 73.5 cm³/mol. The summed E-state index contributed by atoms with van der Waals surface area (Å²) in [6.07, 6.45) is 4.89. The van der Waals surface area contributed by atoms with Crippen molar-refractivity contribution >= 4 is 15.9 Å². The molecular formula is C15H17BrFN. The smallest absolute Gasteiger partial charge is 0.137 e. The summed E-state index contributed by atoms with van der Waals surface area (Å²) in [4.78, 5) is 0. The van der Waals surface area contributed by atoms with Crippen LogP contribution >= 0.6 is 15.9 Å². The lowest BCUT2D eigenvalue weighted by atomic mass is 9.69. The highest BCUT2D eigenvalue weighted by Gasteiger charge is 2.34. The van der Waals surface area contributed by atoms with Crippen molar-refractivity contribution in [3.05, 3.63) is 34.1 Å². The van der Waals surface area contributed by atoms with Gasteiger partial charge in [0, 0.05) is 0 Å². The van der Waals surface area contributed by atoms with Gasteiger partial charge < -0.3 is 0 Å². The first-order valence-electron chi connectivity index (χ1n) is 6.40. The van der Waals surface area contributed by atoms with Crippen LogP contribution in [0.1, 0.15) is 38.2 Å². The van der Waals surface area contributed by atoms with Crippen molar-refractivity contribution < 1.29 is 4.39 Å². The lowest BCUT2D eigenvalue weighted by molar-refractivity contribution is 0.219. The lowest BCUT2D eigenvalue weighted by Crippen LogP contribution is -2.27. The maximum atomic E-state index is 13.2. The summed E-state index contributed by atoms with van der Waals surface area (Å²) in [5, 5.41) is 9.48. The van der Waals surface area contributed by atoms with Gasteiger partial charge in [0.15, 0.2) is 0 Å². The highest BCUT2D eigenvalue weighted by Crippen LogP contribution is 2.41. The van der Waals surface area contributed by atoms with Crippen molar-refractivity contribution in [3.8, 4) is 6.07 Å². The van der Waals surface area contributed by atoms with Gasteiger partial charge >= 0.3 is 0 Å². The van der Waals surface area contributed by atoms with Gasteiger partial charge in [-0.15, -0.1) is 0 Å². The Morgan fingerprint density at radius 1 is 1.44 bits per heavy atom. The molecular weight excluding hydrogens is 293 g/mol. The fourth-order valence-corrected chi connectivity index (χ4v) is 3.11. The predicted octanol–water partition coefficient (Wildman–Crippen LogP) is 4.85. The van der Waals surface area contributed by atoms with Crippen molar-refractivity contribution in [1.29, 1.82) is 5.26 Å². The molecule has 3 heteroatoms. The van der Waals surface area contributed by atoms with E-state index in [1.54, 1.807) is 12.1 Å². The summed E-state index contributed by atoms with van der Waals surface area (Å²) < 4.78 is 13.7. The average Bonchev–Trinajstić information content (AvgIpc) is 2.37. The first-order chi connectivity index (χ1) is 8.54. The zero-order valence-electron chi connectivity index (χ0n) is 10.5. The highest BCUT2D eigenvalue weighted by molar-refractivity contribution is 9.10. The van der Waals surface area contributed by atoms with Gasteiger partial charge in [-0.25, -0.2) is 4.39 Å². The molecule has 0 saturated heterocycles. The van der Waals surface area contributed by atoms with E-state index in [4.69, 9.17) is 0 Å². The molecule has 1 aliphatic carbocycles. The van der Waals surface area contributed by atoms with E-state index in [1.165, 1.54) is 6.07 Å². The van der Waals surface area contributed by atoms with E-state index in [0.717, 1.165) is 43.6 Å². The fourth-order valence-electron chi connectivity index (χ4n) is 2.68. The molecule has 0 heterocycles. The molecule has 0 amide bonds. The first-order valence-corrected chi connectivity index (χ1v) is 7.19. The van der Waals surface area contributed by atoms with E-state index >= 15 is 0 Å². The fraction of sp³-hybridized carbons (Fsp3) is 0.533. The molecule has 96 valence electrons. The number of nitriles is 1. The zero-order chi connectivity index (χ0) is 13.2. The Labute approximate surface area is 116 Å². The standard InChI is InChI=1S/C15H17BrFN/c1-11-4-6-15(10-18,7-5-11)9-12-2-3-14(17)13(16)8-12/h2-3,8,11H,4-7,9H2,1H3.